The summed E-state index contributed by atoms with van der Waals surface area (Å²) in [7, 11) is 4.14. The van der Waals surface area contributed by atoms with Gasteiger partial charge in [-0.1, -0.05) is 26.1 Å². The lowest BCUT2D eigenvalue weighted by Gasteiger charge is -2.27. The molecule has 0 amide bonds. The Morgan fingerprint density at radius 3 is 2.45 bits per heavy atom. The second kappa shape index (κ2) is 6.99. The number of hydrogen-bond donors (Lipinski definition) is 2. The summed E-state index contributed by atoms with van der Waals surface area (Å²) < 4.78 is 0. The number of nitrogens with one attached hydrogen (secondary N) is 1. The molecule has 1 heterocycles. The summed E-state index contributed by atoms with van der Waals surface area (Å²) in [4.78, 5) is 7.15. The van der Waals surface area contributed by atoms with Gasteiger partial charge >= 0.3 is 0 Å². The molecule has 0 saturated carbocycles. The van der Waals surface area contributed by atoms with Gasteiger partial charge in [0.05, 0.1) is 5.56 Å². The van der Waals surface area contributed by atoms with Crippen molar-refractivity contribution < 1.29 is 0 Å². The minimum Gasteiger partial charge on any atom is -0.389 e. The molecular weight excluding hydrogens is 268 g/mol. The normalized spacial score (nSPS) is 12.8. The first kappa shape index (κ1) is 16.9. The molecule has 0 saturated heterocycles. The summed E-state index contributed by atoms with van der Waals surface area (Å²) >= 11 is 5.17. The molecule has 0 aliphatic carbocycles. The Morgan fingerprint density at radius 1 is 1.40 bits per heavy atom. The Morgan fingerprint density at radius 2 is 2.00 bits per heavy atom. The lowest BCUT2D eigenvalue weighted by molar-refractivity contribution is 0.344. The highest BCUT2D eigenvalue weighted by Crippen LogP contribution is 2.21. The lowest BCUT2D eigenvalue weighted by Crippen LogP contribution is -2.37. The van der Waals surface area contributed by atoms with Crippen molar-refractivity contribution in [1.82, 2.24) is 9.88 Å². The van der Waals surface area contributed by atoms with Crippen LogP contribution in [0.2, 0.25) is 0 Å². The Bertz CT molecular complexity index is 483. The van der Waals surface area contributed by atoms with E-state index in [0.717, 1.165) is 29.2 Å². The highest BCUT2D eigenvalue weighted by Gasteiger charge is 2.18. The number of nitrogens with zero attached hydrogens (tertiary/aromatic N) is 2. The maximum atomic E-state index is 5.86. The van der Waals surface area contributed by atoms with Gasteiger partial charge in [0.2, 0.25) is 0 Å². The third kappa shape index (κ3) is 4.42. The fourth-order valence-electron chi connectivity index (χ4n) is 2.24. The molecule has 1 rings (SSSR count). The summed E-state index contributed by atoms with van der Waals surface area (Å²) in [5.41, 5.74) is 8.76. The van der Waals surface area contributed by atoms with Gasteiger partial charge in [0.25, 0.3) is 0 Å². The number of nitrogens with two attached hydrogens (primary N) is 1. The van der Waals surface area contributed by atoms with Crippen molar-refractivity contribution in [3.8, 4) is 0 Å². The van der Waals surface area contributed by atoms with Crippen LogP contribution in [-0.4, -0.2) is 41.6 Å². The average molecular weight is 294 g/mol. The molecule has 0 aliphatic heterocycles. The highest BCUT2D eigenvalue weighted by molar-refractivity contribution is 7.80. The molecule has 1 unspecified atom stereocenters. The van der Waals surface area contributed by atoms with Crippen molar-refractivity contribution in [3.05, 3.63) is 22.9 Å². The molecule has 4 nitrogen and oxygen atoms in total. The van der Waals surface area contributed by atoms with E-state index in [0.29, 0.717) is 16.9 Å². The predicted octanol–water partition coefficient (Wildman–Crippen LogP) is 2.33. The number of pyridine rings is 1. The van der Waals surface area contributed by atoms with Crippen LogP contribution in [0, 0.1) is 19.8 Å². The van der Waals surface area contributed by atoms with Gasteiger partial charge in [0, 0.05) is 18.3 Å². The molecular formula is C15H26N4S. The summed E-state index contributed by atoms with van der Waals surface area (Å²) in [6.45, 7) is 9.33. The van der Waals surface area contributed by atoms with E-state index >= 15 is 0 Å². The Kier molecular flexibility index (Phi) is 5.89. The first-order valence-corrected chi connectivity index (χ1v) is 7.32. The zero-order valence-corrected chi connectivity index (χ0v) is 14.1. The van der Waals surface area contributed by atoms with E-state index in [1.165, 1.54) is 0 Å². The van der Waals surface area contributed by atoms with E-state index in [1.54, 1.807) is 0 Å². The van der Waals surface area contributed by atoms with Crippen LogP contribution in [0.5, 0.6) is 0 Å². The molecule has 0 radical (unpaired) electrons. The molecule has 1 atom stereocenters. The minimum absolute atomic E-state index is 0.298. The van der Waals surface area contributed by atoms with Crippen LogP contribution in [0.3, 0.4) is 0 Å². The Hall–Kier alpha value is -1.20. The molecule has 0 fully saturated rings. The zero-order valence-electron chi connectivity index (χ0n) is 13.3. The van der Waals surface area contributed by atoms with Gasteiger partial charge in [0.1, 0.15) is 10.8 Å². The topological polar surface area (TPSA) is 54.2 Å². The standard InChI is InChI=1S/C15H26N4S/c1-9(2)12(8-19(5)6)18-15-13(14(16)20)10(3)7-11(4)17-15/h7,9,12H,8H2,1-6H3,(H2,16,20)(H,17,18). The minimum atomic E-state index is 0.298. The first-order chi connectivity index (χ1) is 9.22. The van der Waals surface area contributed by atoms with Crippen LogP contribution in [0.15, 0.2) is 6.07 Å². The lowest BCUT2D eigenvalue weighted by atomic mass is 10.0. The third-order valence-corrected chi connectivity index (χ3v) is 3.48. The van der Waals surface area contributed by atoms with E-state index in [9.17, 15) is 0 Å². The largest absolute Gasteiger partial charge is 0.389 e. The monoisotopic (exact) mass is 294 g/mol. The Balaban J connectivity index is 3.14. The van der Waals surface area contributed by atoms with Gasteiger partial charge in [0.15, 0.2) is 0 Å². The van der Waals surface area contributed by atoms with Gasteiger partial charge in [-0.2, -0.15) is 0 Å². The van der Waals surface area contributed by atoms with Crippen molar-refractivity contribution in [2.75, 3.05) is 26.0 Å². The van der Waals surface area contributed by atoms with Crippen molar-refractivity contribution >= 4 is 23.0 Å². The van der Waals surface area contributed by atoms with Crippen molar-refractivity contribution in [1.29, 1.82) is 0 Å². The zero-order chi connectivity index (χ0) is 15.4. The smallest absolute Gasteiger partial charge is 0.137 e. The van der Waals surface area contributed by atoms with Gasteiger partial charge in [-0.3, -0.25) is 0 Å². The van der Waals surface area contributed by atoms with E-state index in [2.05, 4.69) is 43.1 Å². The van der Waals surface area contributed by atoms with Crippen LogP contribution in [0.25, 0.3) is 0 Å². The third-order valence-electron chi connectivity index (χ3n) is 3.28. The molecule has 0 bridgehead atoms. The number of aryl methyl sites for hydroxylation is 2. The van der Waals surface area contributed by atoms with Gasteiger partial charge < -0.3 is 16.0 Å². The van der Waals surface area contributed by atoms with Crippen LogP contribution < -0.4 is 11.1 Å². The van der Waals surface area contributed by atoms with Gasteiger partial charge in [-0.25, -0.2) is 4.98 Å². The highest BCUT2D eigenvalue weighted by atomic mass is 32.1. The van der Waals surface area contributed by atoms with Crippen LogP contribution in [0.1, 0.15) is 30.7 Å². The van der Waals surface area contributed by atoms with Crippen molar-refractivity contribution in [2.24, 2.45) is 11.7 Å². The first-order valence-electron chi connectivity index (χ1n) is 6.91. The second-order valence-corrected chi connectivity index (χ2v) is 6.37. The summed E-state index contributed by atoms with van der Waals surface area (Å²) in [5, 5.41) is 3.52. The quantitative estimate of drug-likeness (QED) is 0.789. The number of aromatic nitrogens is 1. The van der Waals surface area contributed by atoms with Crippen LogP contribution >= 0.6 is 12.2 Å². The fourth-order valence-corrected chi connectivity index (χ4v) is 2.50. The average Bonchev–Trinajstić information content (AvgIpc) is 2.25. The number of likely N-dealkylation sites (N-methyl/N-ethyl adjacent to an activating group) is 1. The number of anilines is 1. The number of hydrogen-bond acceptors (Lipinski definition) is 4. The van der Waals surface area contributed by atoms with Gasteiger partial charge in [-0.05, 0) is 45.5 Å². The maximum absolute atomic E-state index is 5.86. The Labute approximate surface area is 127 Å². The molecule has 5 heteroatoms. The molecule has 20 heavy (non-hydrogen) atoms. The van der Waals surface area contributed by atoms with E-state index < -0.39 is 0 Å². The van der Waals surface area contributed by atoms with Crippen molar-refractivity contribution in [2.45, 2.75) is 33.7 Å². The molecule has 1 aromatic rings. The van der Waals surface area contributed by atoms with Crippen LogP contribution in [-0.2, 0) is 0 Å². The summed E-state index contributed by atoms with van der Waals surface area (Å²) in [6, 6.07) is 2.31. The molecule has 1 aromatic heterocycles. The van der Waals surface area contributed by atoms with E-state index in [-0.39, 0.29) is 0 Å². The second-order valence-electron chi connectivity index (χ2n) is 5.93. The molecule has 3 N–H and O–H groups in total. The molecule has 0 aliphatic rings. The number of rotatable bonds is 6. The van der Waals surface area contributed by atoms with Gasteiger partial charge in [-0.15, -0.1) is 0 Å². The predicted molar refractivity (Wildman–Crippen MR) is 90.4 cm³/mol. The summed E-state index contributed by atoms with van der Waals surface area (Å²) in [6.07, 6.45) is 0. The number of thiocarbonyl (C=S) groups is 1. The fraction of sp³-hybridized carbons (Fsp3) is 0.600. The maximum Gasteiger partial charge on any atom is 0.137 e. The SMILES string of the molecule is Cc1cc(C)c(C(N)=S)c(NC(CN(C)C)C(C)C)n1. The van der Waals surface area contributed by atoms with E-state index in [1.807, 2.05) is 19.9 Å². The molecule has 0 aromatic carbocycles. The van der Waals surface area contributed by atoms with E-state index in [4.69, 9.17) is 18.0 Å². The summed E-state index contributed by atoms with van der Waals surface area (Å²) in [5.74, 6) is 1.29. The molecule has 112 valence electrons. The molecule has 0 spiro atoms. The van der Waals surface area contributed by atoms with Crippen LogP contribution in [0.4, 0.5) is 5.82 Å². The van der Waals surface area contributed by atoms with Crippen molar-refractivity contribution in [3.63, 3.8) is 0 Å².